The van der Waals surface area contributed by atoms with Crippen LogP contribution in [0.25, 0.3) is 0 Å². The molecule has 0 unspecified atom stereocenters. The van der Waals surface area contributed by atoms with Gasteiger partial charge < -0.3 is 5.11 Å². The lowest BCUT2D eigenvalue weighted by molar-refractivity contribution is 0.0693. The summed E-state index contributed by atoms with van der Waals surface area (Å²) in [6.45, 7) is 0. The molecule has 4 nitrogen and oxygen atoms in total. The summed E-state index contributed by atoms with van der Waals surface area (Å²) in [6.07, 6.45) is 3.03. The van der Waals surface area contributed by atoms with E-state index in [1.807, 2.05) is 0 Å². The largest absolute Gasteiger partial charge is 0.478 e. The van der Waals surface area contributed by atoms with Gasteiger partial charge in [0.2, 0.25) is 0 Å². The minimum absolute atomic E-state index is 0.0950. The van der Waals surface area contributed by atoms with E-state index in [4.69, 9.17) is 5.11 Å². The fraction of sp³-hybridized carbons (Fsp3) is 0.417. The Balaban J connectivity index is 2.64. The highest BCUT2D eigenvalue weighted by atomic mass is 32.2. The van der Waals surface area contributed by atoms with E-state index >= 15 is 0 Å². The number of carboxylic acids is 1. The second kappa shape index (κ2) is 3.84. The van der Waals surface area contributed by atoms with Crippen molar-refractivity contribution in [2.45, 2.75) is 24.0 Å². The second-order valence-corrected chi connectivity index (χ2v) is 6.80. The molecule has 1 aromatic carbocycles. The Morgan fingerprint density at radius 1 is 1.29 bits per heavy atom. The molecule has 0 aromatic heterocycles. The van der Waals surface area contributed by atoms with E-state index < -0.39 is 20.6 Å². The van der Waals surface area contributed by atoms with Crippen molar-refractivity contribution in [3.63, 3.8) is 0 Å². The second-order valence-electron chi connectivity index (χ2n) is 4.47. The van der Waals surface area contributed by atoms with Crippen molar-refractivity contribution in [3.05, 3.63) is 35.4 Å². The normalized spacial score (nSPS) is 18.4. The lowest BCUT2D eigenvalue weighted by Gasteiger charge is -2.41. The average molecular weight is 254 g/mol. The van der Waals surface area contributed by atoms with Crippen molar-refractivity contribution >= 4 is 15.8 Å². The lowest BCUT2D eigenvalue weighted by atomic mass is 9.77. The molecule has 0 amide bonds. The topological polar surface area (TPSA) is 71.4 Å². The van der Waals surface area contributed by atoms with Crippen molar-refractivity contribution in [2.24, 2.45) is 0 Å². The van der Waals surface area contributed by atoms with E-state index in [0.717, 1.165) is 6.42 Å². The van der Waals surface area contributed by atoms with Gasteiger partial charge in [-0.15, -0.1) is 0 Å². The Morgan fingerprint density at radius 3 is 2.29 bits per heavy atom. The number of carbonyl (C=O) groups is 1. The highest BCUT2D eigenvalue weighted by molar-refractivity contribution is 7.91. The fourth-order valence-electron chi connectivity index (χ4n) is 2.40. The summed E-state index contributed by atoms with van der Waals surface area (Å²) in [5.41, 5.74) is 0.527. The molecule has 1 aliphatic rings. The van der Waals surface area contributed by atoms with E-state index in [1.165, 1.54) is 12.3 Å². The molecule has 5 heteroatoms. The van der Waals surface area contributed by atoms with Gasteiger partial charge in [-0.2, -0.15) is 0 Å². The predicted octanol–water partition coefficient (Wildman–Crippen LogP) is 1.81. The summed E-state index contributed by atoms with van der Waals surface area (Å²) in [4.78, 5) is 11.1. The predicted molar refractivity (Wildman–Crippen MR) is 63.8 cm³/mol. The van der Waals surface area contributed by atoms with Crippen LogP contribution in [0.4, 0.5) is 0 Å². The molecule has 2 rings (SSSR count). The first-order valence-electron chi connectivity index (χ1n) is 5.41. The van der Waals surface area contributed by atoms with E-state index in [9.17, 15) is 13.2 Å². The number of hydrogen-bond donors (Lipinski definition) is 1. The van der Waals surface area contributed by atoms with Crippen molar-refractivity contribution in [3.8, 4) is 0 Å². The first-order valence-corrected chi connectivity index (χ1v) is 7.30. The van der Waals surface area contributed by atoms with Gasteiger partial charge in [-0.3, -0.25) is 0 Å². The maximum absolute atomic E-state index is 11.9. The molecule has 1 N–H and O–H groups in total. The summed E-state index contributed by atoms with van der Waals surface area (Å²) >= 11 is 0. The van der Waals surface area contributed by atoms with E-state index in [-0.39, 0.29) is 5.56 Å². The summed E-state index contributed by atoms with van der Waals surface area (Å²) in [6, 6.07) is 6.38. The molecule has 0 spiro atoms. The molecule has 0 saturated heterocycles. The number of aromatic carboxylic acids is 1. The maximum atomic E-state index is 11.9. The van der Waals surface area contributed by atoms with Crippen LogP contribution in [-0.2, 0) is 14.6 Å². The van der Waals surface area contributed by atoms with E-state index in [0.29, 0.717) is 18.4 Å². The van der Waals surface area contributed by atoms with Crippen LogP contribution in [0.15, 0.2) is 24.3 Å². The molecule has 1 aromatic rings. The van der Waals surface area contributed by atoms with Crippen molar-refractivity contribution < 1.29 is 18.3 Å². The molecule has 0 heterocycles. The number of sulfone groups is 1. The van der Waals surface area contributed by atoms with Gasteiger partial charge in [0.05, 0.1) is 10.3 Å². The minimum Gasteiger partial charge on any atom is -0.478 e. The molecule has 17 heavy (non-hydrogen) atoms. The molecule has 1 fully saturated rings. The van der Waals surface area contributed by atoms with E-state index in [1.54, 1.807) is 18.2 Å². The number of rotatable bonds is 3. The molecule has 0 atom stereocenters. The number of hydrogen-bond acceptors (Lipinski definition) is 3. The highest BCUT2D eigenvalue weighted by Gasteiger charge is 2.49. The van der Waals surface area contributed by atoms with Crippen LogP contribution >= 0.6 is 0 Å². The number of benzene rings is 1. The lowest BCUT2D eigenvalue weighted by Crippen LogP contribution is -2.42. The van der Waals surface area contributed by atoms with Crippen LogP contribution in [0.1, 0.15) is 35.2 Å². The van der Waals surface area contributed by atoms with Crippen LogP contribution in [0.5, 0.6) is 0 Å². The zero-order valence-corrected chi connectivity index (χ0v) is 10.3. The summed E-state index contributed by atoms with van der Waals surface area (Å²) < 4.78 is 22.9. The van der Waals surface area contributed by atoms with Gasteiger partial charge in [-0.1, -0.05) is 18.2 Å². The summed E-state index contributed by atoms with van der Waals surface area (Å²) in [5.74, 6) is -1.07. The molecule has 0 aliphatic heterocycles. The maximum Gasteiger partial charge on any atom is 0.336 e. The highest BCUT2D eigenvalue weighted by Crippen LogP contribution is 2.48. The zero-order valence-electron chi connectivity index (χ0n) is 9.51. The van der Waals surface area contributed by atoms with Gasteiger partial charge in [0.25, 0.3) is 0 Å². The molecule has 1 aliphatic carbocycles. The van der Waals surface area contributed by atoms with Crippen molar-refractivity contribution in [1.82, 2.24) is 0 Å². The molecular weight excluding hydrogens is 240 g/mol. The van der Waals surface area contributed by atoms with Gasteiger partial charge in [0, 0.05) is 6.26 Å². The van der Waals surface area contributed by atoms with E-state index in [2.05, 4.69) is 0 Å². The Kier molecular flexibility index (Phi) is 2.73. The minimum atomic E-state index is -3.30. The Labute approximate surface area is 100 Å². The molecular formula is C12H14O4S. The fourth-order valence-corrected chi connectivity index (χ4v) is 4.01. The summed E-state index contributed by atoms with van der Waals surface area (Å²) in [7, 11) is -3.30. The third kappa shape index (κ3) is 1.74. The first kappa shape index (κ1) is 12.1. The van der Waals surface area contributed by atoms with Gasteiger partial charge in [-0.25, -0.2) is 13.2 Å². The van der Waals surface area contributed by atoms with Crippen LogP contribution < -0.4 is 0 Å². The first-order chi connectivity index (χ1) is 7.88. The van der Waals surface area contributed by atoms with Crippen LogP contribution in [0.3, 0.4) is 0 Å². The van der Waals surface area contributed by atoms with Gasteiger partial charge in [-0.05, 0) is 30.9 Å². The van der Waals surface area contributed by atoms with Gasteiger partial charge in [0.1, 0.15) is 0 Å². The quantitative estimate of drug-likeness (QED) is 0.893. The Morgan fingerprint density at radius 2 is 1.88 bits per heavy atom. The summed E-state index contributed by atoms with van der Waals surface area (Å²) in [5, 5.41) is 9.12. The third-order valence-corrected chi connectivity index (χ3v) is 5.57. The third-order valence-electron chi connectivity index (χ3n) is 3.52. The molecule has 0 bridgehead atoms. The standard InChI is InChI=1S/C12H14O4S/c1-17(15,16)12(7-4-8-12)10-6-3-2-5-9(10)11(13)14/h2-3,5-6H,4,7-8H2,1H3,(H,13,14). The SMILES string of the molecule is CS(=O)(=O)C1(c2ccccc2C(=O)O)CCC1. The van der Waals surface area contributed by atoms with Crippen LogP contribution in [0, 0.1) is 0 Å². The Hall–Kier alpha value is -1.36. The monoisotopic (exact) mass is 254 g/mol. The molecule has 0 radical (unpaired) electrons. The molecule has 1 saturated carbocycles. The number of carboxylic acid groups (broad SMARTS) is 1. The average Bonchev–Trinajstić information content (AvgIpc) is 2.14. The van der Waals surface area contributed by atoms with Crippen LogP contribution in [0.2, 0.25) is 0 Å². The smallest absolute Gasteiger partial charge is 0.336 e. The van der Waals surface area contributed by atoms with Crippen molar-refractivity contribution in [1.29, 1.82) is 0 Å². The Bertz CT molecular complexity index is 556. The van der Waals surface area contributed by atoms with Gasteiger partial charge >= 0.3 is 5.97 Å². The van der Waals surface area contributed by atoms with Crippen LogP contribution in [-0.4, -0.2) is 25.7 Å². The van der Waals surface area contributed by atoms with Crippen molar-refractivity contribution in [2.75, 3.05) is 6.26 Å². The molecule has 92 valence electrons. The van der Waals surface area contributed by atoms with Gasteiger partial charge in [0.15, 0.2) is 9.84 Å². The zero-order chi connectivity index (χ0) is 12.7.